The molecule has 0 saturated carbocycles. The van der Waals surface area contributed by atoms with E-state index in [1.165, 1.54) is 5.56 Å². The van der Waals surface area contributed by atoms with Gasteiger partial charge in [-0.25, -0.2) is 0 Å². The summed E-state index contributed by atoms with van der Waals surface area (Å²) in [4.78, 5) is 14.0. The number of carbonyl (C=O) groups excluding carboxylic acids is 1. The maximum atomic E-state index is 12.2. The molecule has 2 rings (SSSR count). The van der Waals surface area contributed by atoms with Gasteiger partial charge in [0.2, 0.25) is 0 Å². The lowest BCUT2D eigenvalue weighted by Crippen LogP contribution is -2.49. The number of para-hydroxylation sites is 1. The van der Waals surface area contributed by atoms with Crippen LogP contribution in [0.15, 0.2) is 24.3 Å². The van der Waals surface area contributed by atoms with Crippen molar-refractivity contribution >= 4 is 5.91 Å². The topological polar surface area (TPSA) is 38.8 Å². The zero-order valence-corrected chi connectivity index (χ0v) is 14.1. The van der Waals surface area contributed by atoms with E-state index in [1.54, 1.807) is 4.90 Å². The number of ether oxygens (including phenoxy) is 2. The Labute approximate surface area is 133 Å². The molecule has 0 N–H and O–H groups in total. The van der Waals surface area contributed by atoms with Gasteiger partial charge in [0.25, 0.3) is 5.91 Å². The van der Waals surface area contributed by atoms with Gasteiger partial charge in [-0.15, -0.1) is 0 Å². The highest BCUT2D eigenvalue weighted by molar-refractivity contribution is 5.77. The van der Waals surface area contributed by atoms with E-state index in [-0.39, 0.29) is 17.9 Å². The van der Waals surface area contributed by atoms with Crippen LogP contribution in [0.3, 0.4) is 0 Å². The van der Waals surface area contributed by atoms with Crippen LogP contribution >= 0.6 is 0 Å². The molecule has 22 heavy (non-hydrogen) atoms. The van der Waals surface area contributed by atoms with Crippen molar-refractivity contribution in [3.8, 4) is 5.75 Å². The molecule has 4 nitrogen and oxygen atoms in total. The largest absolute Gasteiger partial charge is 0.483 e. The first-order valence-corrected chi connectivity index (χ1v) is 7.98. The number of amides is 1. The summed E-state index contributed by atoms with van der Waals surface area (Å²) in [7, 11) is 1.83. The van der Waals surface area contributed by atoms with Crippen molar-refractivity contribution in [1.82, 2.24) is 4.90 Å². The zero-order valence-electron chi connectivity index (χ0n) is 14.1. The van der Waals surface area contributed by atoms with Crippen molar-refractivity contribution in [3.05, 3.63) is 29.8 Å². The average Bonchev–Trinajstić information content (AvgIpc) is 2.50. The molecule has 1 aliphatic heterocycles. The Bertz CT molecular complexity index is 511. The van der Waals surface area contributed by atoms with Crippen molar-refractivity contribution in [2.75, 3.05) is 33.4 Å². The molecule has 1 unspecified atom stereocenters. The van der Waals surface area contributed by atoms with Crippen LogP contribution in [0, 0.1) is 5.41 Å². The molecule has 1 atom stereocenters. The average molecular weight is 305 g/mol. The number of carbonyl (C=O) groups is 1. The molecule has 122 valence electrons. The van der Waals surface area contributed by atoms with Crippen molar-refractivity contribution in [3.63, 3.8) is 0 Å². The van der Waals surface area contributed by atoms with Gasteiger partial charge in [-0.3, -0.25) is 4.79 Å². The number of hydrogen-bond donors (Lipinski definition) is 0. The van der Waals surface area contributed by atoms with Crippen LogP contribution in [0.2, 0.25) is 0 Å². The summed E-state index contributed by atoms with van der Waals surface area (Å²) in [6.45, 7) is 8.71. The summed E-state index contributed by atoms with van der Waals surface area (Å²) >= 11 is 0. The number of nitrogens with zero attached hydrogens (tertiary/aromatic N) is 1. The van der Waals surface area contributed by atoms with Gasteiger partial charge in [-0.05, 0) is 24.0 Å². The van der Waals surface area contributed by atoms with Crippen LogP contribution in [0.5, 0.6) is 5.75 Å². The Balaban J connectivity index is 1.90. The van der Waals surface area contributed by atoms with Crippen LogP contribution in [0.4, 0.5) is 0 Å². The van der Waals surface area contributed by atoms with Crippen LogP contribution in [-0.4, -0.2) is 44.2 Å². The number of rotatable bonds is 7. The second-order valence-electron chi connectivity index (χ2n) is 6.69. The van der Waals surface area contributed by atoms with E-state index in [2.05, 4.69) is 26.8 Å². The van der Waals surface area contributed by atoms with Crippen LogP contribution in [0.1, 0.15) is 38.7 Å². The Morgan fingerprint density at radius 1 is 1.41 bits per heavy atom. The Kier molecular flexibility index (Phi) is 5.46. The van der Waals surface area contributed by atoms with E-state index in [0.717, 1.165) is 25.4 Å². The molecule has 0 aromatic heterocycles. The van der Waals surface area contributed by atoms with Crippen LogP contribution < -0.4 is 4.74 Å². The van der Waals surface area contributed by atoms with Gasteiger partial charge < -0.3 is 14.4 Å². The molecular weight excluding hydrogens is 278 g/mol. The molecule has 1 heterocycles. The van der Waals surface area contributed by atoms with Crippen molar-refractivity contribution < 1.29 is 14.3 Å². The highest BCUT2D eigenvalue weighted by Crippen LogP contribution is 2.29. The minimum atomic E-state index is 0.00656. The lowest BCUT2D eigenvalue weighted by molar-refractivity contribution is -0.143. The van der Waals surface area contributed by atoms with Gasteiger partial charge in [0, 0.05) is 19.0 Å². The second-order valence-corrected chi connectivity index (χ2v) is 6.69. The maximum absolute atomic E-state index is 12.2. The van der Waals surface area contributed by atoms with E-state index in [9.17, 15) is 4.79 Å². The molecule has 1 aliphatic rings. The number of benzene rings is 1. The van der Waals surface area contributed by atoms with Gasteiger partial charge in [-0.1, -0.05) is 39.0 Å². The normalized spacial score (nSPS) is 17.5. The zero-order chi connectivity index (χ0) is 16.2. The lowest BCUT2D eigenvalue weighted by atomic mass is 9.88. The fraction of sp³-hybridized carbons (Fsp3) is 0.611. The standard InChI is InChI=1S/C18H27NO3/c1-5-14(2)15-8-6-7-9-16(15)22-10-17(20)19(4)11-18(3)12-21-13-18/h6-9,14H,5,10-13H2,1-4H3. The quantitative estimate of drug-likeness (QED) is 0.777. The van der Waals surface area contributed by atoms with Gasteiger partial charge in [-0.2, -0.15) is 0 Å². The second kappa shape index (κ2) is 7.14. The van der Waals surface area contributed by atoms with E-state index >= 15 is 0 Å². The van der Waals surface area contributed by atoms with Crippen molar-refractivity contribution in [1.29, 1.82) is 0 Å². The van der Waals surface area contributed by atoms with Crippen molar-refractivity contribution in [2.24, 2.45) is 5.41 Å². The first-order chi connectivity index (χ1) is 10.4. The van der Waals surface area contributed by atoms with E-state index < -0.39 is 0 Å². The minimum absolute atomic E-state index is 0.00656. The third-order valence-electron chi connectivity index (χ3n) is 4.36. The minimum Gasteiger partial charge on any atom is -0.483 e. The molecule has 0 aliphatic carbocycles. The molecule has 4 heteroatoms. The lowest BCUT2D eigenvalue weighted by Gasteiger charge is -2.40. The smallest absolute Gasteiger partial charge is 0.260 e. The third-order valence-corrected chi connectivity index (χ3v) is 4.36. The fourth-order valence-corrected chi connectivity index (χ4v) is 2.69. The summed E-state index contributed by atoms with van der Waals surface area (Å²) in [5.41, 5.74) is 1.26. The first kappa shape index (κ1) is 16.8. The fourth-order valence-electron chi connectivity index (χ4n) is 2.69. The van der Waals surface area contributed by atoms with Gasteiger partial charge >= 0.3 is 0 Å². The molecule has 0 radical (unpaired) electrons. The first-order valence-electron chi connectivity index (χ1n) is 7.98. The molecule has 1 amide bonds. The van der Waals surface area contributed by atoms with Gasteiger partial charge in [0.15, 0.2) is 6.61 Å². The summed E-state index contributed by atoms with van der Waals surface area (Å²) in [6.07, 6.45) is 1.05. The van der Waals surface area contributed by atoms with Gasteiger partial charge in [0.05, 0.1) is 13.2 Å². The number of likely N-dealkylation sites (N-methyl/N-ethyl adjacent to an activating group) is 1. The molecule has 1 aromatic carbocycles. The van der Waals surface area contributed by atoms with Crippen LogP contribution in [-0.2, 0) is 9.53 Å². The van der Waals surface area contributed by atoms with E-state index in [1.807, 2.05) is 25.2 Å². The molecule has 1 aromatic rings. The maximum Gasteiger partial charge on any atom is 0.260 e. The highest BCUT2D eigenvalue weighted by atomic mass is 16.5. The predicted molar refractivity (Wildman–Crippen MR) is 87.2 cm³/mol. The third kappa shape index (κ3) is 4.01. The molecular formula is C18H27NO3. The highest BCUT2D eigenvalue weighted by Gasteiger charge is 2.35. The van der Waals surface area contributed by atoms with E-state index in [0.29, 0.717) is 12.5 Å². The SMILES string of the molecule is CCC(C)c1ccccc1OCC(=O)N(C)CC1(C)COC1. The molecule has 1 fully saturated rings. The summed E-state index contributed by atoms with van der Waals surface area (Å²) in [6, 6.07) is 7.97. The molecule has 0 bridgehead atoms. The summed E-state index contributed by atoms with van der Waals surface area (Å²) in [5.74, 6) is 1.25. The molecule has 1 saturated heterocycles. The monoisotopic (exact) mass is 305 g/mol. The Morgan fingerprint density at radius 3 is 2.68 bits per heavy atom. The summed E-state index contributed by atoms with van der Waals surface area (Å²) < 4.78 is 11.0. The summed E-state index contributed by atoms with van der Waals surface area (Å²) in [5, 5.41) is 0. The van der Waals surface area contributed by atoms with Crippen molar-refractivity contribution in [2.45, 2.75) is 33.1 Å². The Hall–Kier alpha value is -1.55. The Morgan fingerprint density at radius 2 is 2.09 bits per heavy atom. The van der Waals surface area contributed by atoms with E-state index in [4.69, 9.17) is 9.47 Å². The van der Waals surface area contributed by atoms with Crippen LogP contribution in [0.25, 0.3) is 0 Å². The number of hydrogen-bond acceptors (Lipinski definition) is 3. The van der Waals surface area contributed by atoms with Gasteiger partial charge in [0.1, 0.15) is 5.75 Å². The predicted octanol–water partition coefficient (Wildman–Crippen LogP) is 3.07. The molecule has 0 spiro atoms.